The second-order valence-electron chi connectivity index (χ2n) is 10.6. The van der Waals surface area contributed by atoms with Crippen LogP contribution in [0.15, 0.2) is 140 Å². The number of nitrogens with zero attached hydrogens (tertiary/aromatic N) is 3. The minimum atomic E-state index is 0.727. The van der Waals surface area contributed by atoms with Crippen molar-refractivity contribution in [1.29, 1.82) is 0 Å². The first-order valence-corrected chi connectivity index (χ1v) is 15.9. The van der Waals surface area contributed by atoms with E-state index in [2.05, 4.69) is 132 Å². The van der Waals surface area contributed by atoms with Crippen LogP contribution >= 0.6 is 22.7 Å². The molecule has 0 radical (unpaired) electrons. The van der Waals surface area contributed by atoms with Crippen LogP contribution in [-0.2, 0) is 0 Å². The summed E-state index contributed by atoms with van der Waals surface area (Å²) in [5.74, 6) is 0.727. The highest BCUT2D eigenvalue weighted by Gasteiger charge is 2.22. The molecule has 0 N–H and O–H groups in total. The van der Waals surface area contributed by atoms with Crippen molar-refractivity contribution in [3.05, 3.63) is 140 Å². The van der Waals surface area contributed by atoms with Crippen LogP contribution in [0.4, 0.5) is 0 Å². The van der Waals surface area contributed by atoms with Gasteiger partial charge in [-0.3, -0.25) is 0 Å². The number of aromatic nitrogens is 3. The van der Waals surface area contributed by atoms with Crippen molar-refractivity contribution < 1.29 is 0 Å². The number of hydrogen-bond donors (Lipinski definition) is 0. The second-order valence-corrected chi connectivity index (χ2v) is 12.7. The first-order valence-electron chi connectivity index (χ1n) is 14.3. The largest absolute Gasteiger partial charge is 0.301 e. The number of para-hydroxylation sites is 1. The monoisotopic (exact) mass is 585 g/mol. The molecule has 5 heteroatoms. The highest BCUT2D eigenvalue weighted by molar-refractivity contribution is 7.36. The SMILES string of the molecule is c1ccc(-c2cc(-c3ccccc3)nc(-c3ccc4c(c3)c3c5sc6ccccc6c5sc3n4-c3ccccc3)n2)cc1. The number of rotatable bonds is 4. The van der Waals surface area contributed by atoms with E-state index in [1.54, 1.807) is 0 Å². The van der Waals surface area contributed by atoms with Gasteiger partial charge < -0.3 is 4.57 Å². The molecule has 5 aromatic carbocycles. The topological polar surface area (TPSA) is 30.7 Å². The molecule has 0 bridgehead atoms. The van der Waals surface area contributed by atoms with Crippen molar-refractivity contribution in [2.24, 2.45) is 0 Å². The molecule has 0 amide bonds. The Morgan fingerprint density at radius 1 is 0.488 bits per heavy atom. The molecule has 9 rings (SSSR count). The fourth-order valence-electron chi connectivity index (χ4n) is 6.03. The zero-order chi connectivity index (χ0) is 28.3. The van der Waals surface area contributed by atoms with Crippen LogP contribution in [0.2, 0.25) is 0 Å². The van der Waals surface area contributed by atoms with Gasteiger partial charge in [0.25, 0.3) is 0 Å². The van der Waals surface area contributed by atoms with E-state index >= 15 is 0 Å². The molecule has 0 spiro atoms. The van der Waals surface area contributed by atoms with E-state index in [1.807, 2.05) is 34.8 Å². The van der Waals surface area contributed by atoms with E-state index < -0.39 is 0 Å². The molecule has 4 heterocycles. The van der Waals surface area contributed by atoms with Gasteiger partial charge in [-0.1, -0.05) is 97.1 Å². The average molecular weight is 586 g/mol. The van der Waals surface area contributed by atoms with E-state index in [4.69, 9.17) is 9.97 Å². The first kappa shape index (κ1) is 24.5. The third-order valence-electron chi connectivity index (χ3n) is 8.04. The molecular formula is C38H23N3S2. The summed E-state index contributed by atoms with van der Waals surface area (Å²) < 4.78 is 6.45. The molecule has 0 saturated heterocycles. The van der Waals surface area contributed by atoms with Gasteiger partial charge in [0.15, 0.2) is 5.82 Å². The molecule has 0 saturated carbocycles. The highest BCUT2D eigenvalue weighted by atomic mass is 32.1. The Hall–Kier alpha value is -5.10. The van der Waals surface area contributed by atoms with Gasteiger partial charge >= 0.3 is 0 Å². The molecule has 202 valence electrons. The van der Waals surface area contributed by atoms with Gasteiger partial charge in [-0.25, -0.2) is 9.97 Å². The Labute approximate surface area is 256 Å². The number of thiophene rings is 2. The number of hydrogen-bond acceptors (Lipinski definition) is 4. The smallest absolute Gasteiger partial charge is 0.160 e. The average Bonchev–Trinajstić information content (AvgIpc) is 3.72. The molecule has 0 aliphatic carbocycles. The van der Waals surface area contributed by atoms with E-state index in [9.17, 15) is 0 Å². The molecule has 0 atom stereocenters. The lowest BCUT2D eigenvalue weighted by atomic mass is 10.1. The molecule has 9 aromatic rings. The van der Waals surface area contributed by atoms with E-state index in [0.717, 1.165) is 33.9 Å². The Bertz CT molecular complexity index is 2380. The summed E-state index contributed by atoms with van der Waals surface area (Å²) in [5, 5.41) is 3.87. The summed E-state index contributed by atoms with van der Waals surface area (Å²) in [4.78, 5) is 11.5. The molecule has 0 fully saturated rings. The van der Waals surface area contributed by atoms with Gasteiger partial charge in [-0.2, -0.15) is 0 Å². The number of benzene rings is 5. The Balaban J connectivity index is 1.34. The summed E-state index contributed by atoms with van der Waals surface area (Å²) in [5.41, 5.74) is 7.35. The number of fused-ring (bicyclic) bond motifs is 7. The minimum absolute atomic E-state index is 0.727. The van der Waals surface area contributed by atoms with Crippen molar-refractivity contribution in [2.75, 3.05) is 0 Å². The predicted molar refractivity (Wildman–Crippen MR) is 183 cm³/mol. The predicted octanol–water partition coefficient (Wildman–Crippen LogP) is 11.0. The maximum Gasteiger partial charge on any atom is 0.160 e. The van der Waals surface area contributed by atoms with Crippen molar-refractivity contribution in [1.82, 2.24) is 14.5 Å². The zero-order valence-corrected chi connectivity index (χ0v) is 24.6. The van der Waals surface area contributed by atoms with Gasteiger partial charge in [0.05, 0.1) is 26.3 Å². The van der Waals surface area contributed by atoms with Crippen LogP contribution in [0.3, 0.4) is 0 Å². The second kappa shape index (κ2) is 9.73. The summed E-state index contributed by atoms with van der Waals surface area (Å²) in [6.07, 6.45) is 0. The fraction of sp³-hybridized carbons (Fsp3) is 0. The molecule has 3 nitrogen and oxygen atoms in total. The normalized spacial score (nSPS) is 11.7. The summed E-state index contributed by atoms with van der Waals surface area (Å²) >= 11 is 3.78. The van der Waals surface area contributed by atoms with Crippen molar-refractivity contribution in [3.63, 3.8) is 0 Å². The van der Waals surface area contributed by atoms with Crippen LogP contribution in [-0.4, -0.2) is 14.5 Å². The summed E-state index contributed by atoms with van der Waals surface area (Å²) in [6, 6.07) is 49.0. The molecule has 4 aromatic heterocycles. The van der Waals surface area contributed by atoms with Crippen LogP contribution in [0, 0.1) is 0 Å². The Morgan fingerprint density at radius 3 is 1.81 bits per heavy atom. The summed E-state index contributed by atoms with van der Waals surface area (Å²) in [6.45, 7) is 0. The maximum absolute atomic E-state index is 5.12. The van der Waals surface area contributed by atoms with Crippen molar-refractivity contribution in [2.45, 2.75) is 0 Å². The van der Waals surface area contributed by atoms with Crippen LogP contribution in [0.25, 0.3) is 80.2 Å². The summed E-state index contributed by atoms with van der Waals surface area (Å²) in [7, 11) is 0. The molecule has 0 aliphatic heterocycles. The zero-order valence-electron chi connectivity index (χ0n) is 22.9. The van der Waals surface area contributed by atoms with Crippen molar-refractivity contribution in [3.8, 4) is 39.6 Å². The standard InChI is InChI=1S/C38H23N3S2/c1-4-12-24(13-5-1)30-23-31(25-14-6-2-7-15-25)40-37(39-30)26-20-21-32-29(22-26)34-36-35(28-18-10-11-19-33(28)42-36)43-38(34)41(32)27-16-8-3-9-17-27/h1-23H. The van der Waals surface area contributed by atoms with E-state index in [-0.39, 0.29) is 0 Å². The fourth-order valence-corrected chi connectivity index (χ4v) is 8.85. The Kier molecular flexibility index (Phi) is 5.54. The van der Waals surface area contributed by atoms with Gasteiger partial charge in [-0.15, -0.1) is 22.7 Å². The van der Waals surface area contributed by atoms with Crippen molar-refractivity contribution >= 4 is 63.3 Å². The molecule has 0 unspecified atom stereocenters. The van der Waals surface area contributed by atoms with E-state index in [0.29, 0.717) is 0 Å². The van der Waals surface area contributed by atoms with Gasteiger partial charge in [-0.05, 0) is 42.5 Å². The van der Waals surface area contributed by atoms with E-state index in [1.165, 1.54) is 46.3 Å². The minimum Gasteiger partial charge on any atom is -0.301 e. The lowest BCUT2D eigenvalue weighted by Gasteiger charge is -2.10. The Morgan fingerprint density at radius 2 is 1.12 bits per heavy atom. The molecule has 43 heavy (non-hydrogen) atoms. The lowest BCUT2D eigenvalue weighted by Crippen LogP contribution is -1.96. The maximum atomic E-state index is 5.12. The van der Waals surface area contributed by atoms with Crippen LogP contribution in [0.5, 0.6) is 0 Å². The quantitative estimate of drug-likeness (QED) is 0.206. The molecule has 0 aliphatic rings. The van der Waals surface area contributed by atoms with Crippen LogP contribution < -0.4 is 0 Å². The molecular weight excluding hydrogens is 563 g/mol. The highest BCUT2D eigenvalue weighted by Crippen LogP contribution is 2.49. The van der Waals surface area contributed by atoms with Gasteiger partial charge in [0.1, 0.15) is 4.83 Å². The third-order valence-corrected chi connectivity index (χ3v) is 10.6. The van der Waals surface area contributed by atoms with Crippen LogP contribution in [0.1, 0.15) is 0 Å². The first-order chi connectivity index (χ1) is 21.3. The van der Waals surface area contributed by atoms with Gasteiger partial charge in [0, 0.05) is 43.2 Å². The van der Waals surface area contributed by atoms with Gasteiger partial charge in [0.2, 0.25) is 0 Å². The lowest BCUT2D eigenvalue weighted by molar-refractivity contribution is 1.18. The third kappa shape index (κ3) is 3.93.